The summed E-state index contributed by atoms with van der Waals surface area (Å²) in [5.41, 5.74) is 0.540. The Hall–Kier alpha value is -2.87. The molecule has 4 aliphatic rings. The highest BCUT2D eigenvalue weighted by molar-refractivity contribution is 5.79. The molecule has 0 saturated heterocycles. The van der Waals surface area contributed by atoms with E-state index >= 15 is 0 Å². The first-order valence-electron chi connectivity index (χ1n) is 15.0. The van der Waals surface area contributed by atoms with Gasteiger partial charge >= 0.3 is 18.2 Å². The van der Waals surface area contributed by atoms with Crippen LogP contribution in [0.15, 0.2) is 0 Å². The van der Waals surface area contributed by atoms with Crippen LogP contribution in [-0.2, 0) is 14.3 Å². The zero-order valence-corrected chi connectivity index (χ0v) is 24.6. The van der Waals surface area contributed by atoms with Gasteiger partial charge in [0.15, 0.2) is 0 Å². The number of aliphatic carboxylic acids is 1. The van der Waals surface area contributed by atoms with E-state index in [1.807, 2.05) is 0 Å². The lowest BCUT2D eigenvalue weighted by molar-refractivity contribution is -0.139. The van der Waals surface area contributed by atoms with E-state index in [4.69, 9.17) is 9.47 Å². The van der Waals surface area contributed by atoms with Gasteiger partial charge in [-0.15, -0.1) is 23.7 Å². The number of hydrogen-bond acceptors (Lipinski definition) is 5. The molecule has 4 rings (SSSR count). The smallest absolute Gasteiger partial charge is 0.407 e. The second kappa shape index (κ2) is 11.9. The van der Waals surface area contributed by atoms with Crippen LogP contribution in [0.3, 0.4) is 0 Å². The Bertz CT molecular complexity index is 1070. The topological polar surface area (TPSA) is 114 Å². The van der Waals surface area contributed by atoms with Crippen molar-refractivity contribution in [2.75, 3.05) is 19.8 Å². The minimum absolute atomic E-state index is 0.100. The number of amides is 2. The third kappa shape index (κ3) is 5.92. The summed E-state index contributed by atoms with van der Waals surface area (Å²) in [7, 11) is 0. The third-order valence-electron chi connectivity index (χ3n) is 11.4. The number of alkyl carbamates (subject to hydrolysis) is 2. The van der Waals surface area contributed by atoms with E-state index in [1.165, 1.54) is 0 Å². The molecular formula is C32H46N2O6. The molecule has 0 aromatic rings. The van der Waals surface area contributed by atoms with Gasteiger partial charge in [0, 0.05) is 44.1 Å². The highest BCUT2D eigenvalue weighted by atomic mass is 16.6. The Balaban J connectivity index is 1.10. The molecule has 0 aromatic carbocycles. The normalized spacial score (nSPS) is 36.0. The van der Waals surface area contributed by atoms with Crippen LogP contribution in [0.4, 0.5) is 9.59 Å². The van der Waals surface area contributed by atoms with E-state index in [1.54, 1.807) is 0 Å². The zero-order valence-electron chi connectivity index (χ0n) is 24.6. The average molecular weight is 555 g/mol. The first-order chi connectivity index (χ1) is 19.0. The fourth-order valence-corrected chi connectivity index (χ4v) is 7.84. The molecule has 0 aliphatic heterocycles. The van der Waals surface area contributed by atoms with Crippen molar-refractivity contribution in [3.8, 4) is 23.7 Å². The van der Waals surface area contributed by atoms with E-state index in [2.05, 4.69) is 62.0 Å². The van der Waals surface area contributed by atoms with Crippen molar-refractivity contribution in [2.24, 2.45) is 33.5 Å². The van der Waals surface area contributed by atoms with Crippen LogP contribution in [0.5, 0.6) is 0 Å². The predicted molar refractivity (Wildman–Crippen MR) is 151 cm³/mol. The van der Waals surface area contributed by atoms with Gasteiger partial charge < -0.3 is 25.2 Å². The van der Waals surface area contributed by atoms with Gasteiger partial charge in [0.25, 0.3) is 0 Å². The molecule has 8 heteroatoms. The van der Waals surface area contributed by atoms with E-state index in [9.17, 15) is 19.5 Å². The summed E-state index contributed by atoms with van der Waals surface area (Å²) in [6, 6.07) is -1.04. The number of nitrogens with one attached hydrogen (secondary N) is 2. The second-order valence-corrected chi connectivity index (χ2v) is 13.1. The number of carbonyl (C=O) groups is 3. The minimum atomic E-state index is -1.10. The van der Waals surface area contributed by atoms with Crippen LogP contribution >= 0.6 is 0 Å². The van der Waals surface area contributed by atoms with Crippen LogP contribution in [0.2, 0.25) is 0 Å². The quantitative estimate of drug-likeness (QED) is 0.230. The largest absolute Gasteiger partial charge is 0.480 e. The number of fused-ring (bicyclic) bond motifs is 2. The maximum absolute atomic E-state index is 12.4. The van der Waals surface area contributed by atoms with Gasteiger partial charge in [0.2, 0.25) is 0 Å². The number of rotatable bonds is 11. The SMILES string of the molecule is C[C@@]12CCC#CCC[C@]1(C)C2COC(=O)NCCCCC(NC(=O)OCC1[C@]2(C)CCC#CCC[C@]12C)C(=O)O. The number of ether oxygens (including phenoxy) is 2. The fraction of sp³-hybridized carbons (Fsp3) is 0.781. The van der Waals surface area contributed by atoms with E-state index < -0.39 is 24.2 Å². The Morgan fingerprint density at radius 1 is 0.750 bits per heavy atom. The molecule has 0 radical (unpaired) electrons. The number of hydrogen-bond donors (Lipinski definition) is 3. The predicted octanol–water partition coefficient (Wildman–Crippen LogP) is 5.50. The van der Waals surface area contributed by atoms with Crippen LogP contribution in [0.25, 0.3) is 0 Å². The zero-order chi connectivity index (χ0) is 29.0. The highest BCUT2D eigenvalue weighted by Crippen LogP contribution is 2.74. The summed E-state index contributed by atoms with van der Waals surface area (Å²) in [5.74, 6) is 12.4. The molecular weight excluding hydrogens is 508 g/mol. The fourth-order valence-electron chi connectivity index (χ4n) is 7.84. The van der Waals surface area contributed by atoms with Crippen molar-refractivity contribution < 1.29 is 29.0 Å². The maximum atomic E-state index is 12.4. The number of carboxylic acids is 1. The summed E-state index contributed by atoms with van der Waals surface area (Å²) >= 11 is 0. The number of carbonyl (C=O) groups excluding carboxylic acids is 2. The second-order valence-electron chi connectivity index (χ2n) is 13.1. The molecule has 40 heavy (non-hydrogen) atoms. The molecule has 4 aliphatic carbocycles. The van der Waals surface area contributed by atoms with Gasteiger partial charge in [-0.2, -0.15) is 0 Å². The summed E-state index contributed by atoms with van der Waals surface area (Å²) in [6.45, 7) is 10.1. The van der Waals surface area contributed by atoms with Gasteiger partial charge in [-0.3, -0.25) is 0 Å². The van der Waals surface area contributed by atoms with Crippen LogP contribution in [0, 0.1) is 57.2 Å². The lowest BCUT2D eigenvalue weighted by Gasteiger charge is -2.17. The lowest BCUT2D eigenvalue weighted by atomic mass is 9.87. The Labute approximate surface area is 239 Å². The Kier molecular flexibility index (Phi) is 8.98. The molecule has 3 unspecified atom stereocenters. The minimum Gasteiger partial charge on any atom is -0.480 e. The first kappa shape index (κ1) is 30.1. The molecule has 0 aromatic heterocycles. The summed E-state index contributed by atoms with van der Waals surface area (Å²) < 4.78 is 11.0. The number of carboxylic acid groups (broad SMARTS) is 1. The van der Waals surface area contributed by atoms with Gasteiger partial charge in [-0.05, 0) is 66.6 Å². The van der Waals surface area contributed by atoms with Crippen molar-refractivity contribution >= 4 is 18.2 Å². The third-order valence-corrected chi connectivity index (χ3v) is 11.4. The molecule has 0 bridgehead atoms. The van der Waals surface area contributed by atoms with Gasteiger partial charge in [0.05, 0.1) is 13.2 Å². The average Bonchev–Trinajstić information content (AvgIpc) is 3.54. The van der Waals surface area contributed by atoms with Crippen molar-refractivity contribution in [3.63, 3.8) is 0 Å². The molecule has 8 nitrogen and oxygen atoms in total. The monoisotopic (exact) mass is 554 g/mol. The Morgan fingerprint density at radius 2 is 1.18 bits per heavy atom. The van der Waals surface area contributed by atoms with Crippen molar-refractivity contribution in [2.45, 2.75) is 104 Å². The van der Waals surface area contributed by atoms with E-state index in [0.29, 0.717) is 31.9 Å². The molecule has 220 valence electrons. The van der Waals surface area contributed by atoms with Crippen molar-refractivity contribution in [1.82, 2.24) is 10.6 Å². The van der Waals surface area contributed by atoms with Crippen LogP contribution in [-0.4, -0.2) is 49.1 Å². The van der Waals surface area contributed by atoms with Gasteiger partial charge in [-0.1, -0.05) is 27.7 Å². The molecule has 0 spiro atoms. The standard InChI is InChI=1S/C32H46N2O6/c1-29-16-10-5-6-11-17-30(29,2)24(29)21-39-27(37)33-20-14-9-15-23(26(35)36)34-28(38)40-22-25-31(3)18-12-7-8-13-19-32(25,31)4/h23-25H,9-22H2,1-4H3,(H,33,37)(H,34,38)(H,35,36)/t23?,24?,25?,29-,30+,31-,32+. The molecule has 3 N–H and O–H groups in total. The maximum Gasteiger partial charge on any atom is 0.407 e. The van der Waals surface area contributed by atoms with E-state index in [-0.39, 0.29) is 40.6 Å². The van der Waals surface area contributed by atoms with Gasteiger partial charge in [-0.25, -0.2) is 14.4 Å². The van der Waals surface area contributed by atoms with Gasteiger partial charge in [0.1, 0.15) is 6.04 Å². The molecule has 7 atom stereocenters. The first-order valence-corrected chi connectivity index (χ1v) is 15.0. The highest BCUT2D eigenvalue weighted by Gasteiger charge is 2.70. The lowest BCUT2D eigenvalue weighted by Crippen LogP contribution is -2.41. The summed E-state index contributed by atoms with van der Waals surface area (Å²) in [5, 5.41) is 14.9. The molecule has 2 saturated carbocycles. The van der Waals surface area contributed by atoms with Crippen LogP contribution < -0.4 is 10.6 Å². The Morgan fingerprint density at radius 3 is 1.60 bits per heavy atom. The molecule has 2 fully saturated rings. The summed E-state index contributed by atoms with van der Waals surface area (Å²) in [6.07, 6.45) is 7.76. The molecule has 2 amide bonds. The van der Waals surface area contributed by atoms with Crippen molar-refractivity contribution in [3.05, 3.63) is 0 Å². The van der Waals surface area contributed by atoms with Crippen molar-refractivity contribution in [1.29, 1.82) is 0 Å². The summed E-state index contributed by atoms with van der Waals surface area (Å²) in [4.78, 5) is 36.4. The van der Waals surface area contributed by atoms with Crippen LogP contribution in [0.1, 0.15) is 98.3 Å². The molecule has 0 heterocycles. The van der Waals surface area contributed by atoms with E-state index in [0.717, 1.165) is 51.4 Å². The number of unbranched alkanes of at least 4 members (excludes halogenated alkanes) is 1.